The van der Waals surface area contributed by atoms with Crippen molar-refractivity contribution in [3.63, 3.8) is 0 Å². The summed E-state index contributed by atoms with van der Waals surface area (Å²) in [4.78, 5) is 51.3. The number of carbonyl (C=O) groups excluding carboxylic acids is 2. The molecule has 10 heteroatoms. The van der Waals surface area contributed by atoms with E-state index in [1.807, 2.05) is 0 Å². The van der Waals surface area contributed by atoms with Gasteiger partial charge in [-0.05, 0) is 36.4 Å². The minimum absolute atomic E-state index is 0.194. The number of aromatic amines is 1. The molecule has 3 aromatic rings. The highest BCUT2D eigenvalue weighted by atomic mass is 16.5. The number of ether oxygens (including phenoxy) is 2. The zero-order valence-electron chi connectivity index (χ0n) is 16.1. The molecule has 154 valence electrons. The number of hydrogen-bond acceptors (Lipinski definition) is 6. The number of H-pyrrole nitrogens is 1. The first-order valence-electron chi connectivity index (χ1n) is 8.64. The Hall–Kier alpha value is -4.34. The SMILES string of the molecule is COc1ccc(-n2c(=O)[nH]cc(C(=O)Nc3ccc(C(N)=O)cc3)c2=O)cc1OC. The van der Waals surface area contributed by atoms with Gasteiger partial charge in [-0.3, -0.25) is 14.4 Å². The number of anilines is 1. The van der Waals surface area contributed by atoms with E-state index < -0.39 is 23.1 Å². The number of rotatable bonds is 6. The normalized spacial score (nSPS) is 10.3. The van der Waals surface area contributed by atoms with Crippen LogP contribution in [0.25, 0.3) is 5.69 Å². The van der Waals surface area contributed by atoms with Crippen molar-refractivity contribution in [3.05, 3.63) is 80.6 Å². The van der Waals surface area contributed by atoms with Crippen molar-refractivity contribution in [2.75, 3.05) is 19.5 Å². The maximum absolute atomic E-state index is 12.9. The minimum Gasteiger partial charge on any atom is -0.493 e. The molecule has 0 spiro atoms. The molecular weight excluding hydrogens is 392 g/mol. The van der Waals surface area contributed by atoms with Gasteiger partial charge >= 0.3 is 5.69 Å². The zero-order valence-corrected chi connectivity index (χ0v) is 16.1. The number of aromatic nitrogens is 2. The van der Waals surface area contributed by atoms with Crippen molar-refractivity contribution >= 4 is 17.5 Å². The molecule has 0 aliphatic rings. The van der Waals surface area contributed by atoms with Crippen LogP contribution in [0.4, 0.5) is 5.69 Å². The Balaban J connectivity index is 1.98. The van der Waals surface area contributed by atoms with Gasteiger partial charge in [0.2, 0.25) is 5.91 Å². The highest BCUT2D eigenvalue weighted by Crippen LogP contribution is 2.28. The smallest absolute Gasteiger partial charge is 0.333 e. The molecule has 0 unspecified atom stereocenters. The van der Waals surface area contributed by atoms with E-state index in [-0.39, 0.29) is 16.8 Å². The van der Waals surface area contributed by atoms with Crippen molar-refractivity contribution in [2.24, 2.45) is 5.73 Å². The summed E-state index contributed by atoms with van der Waals surface area (Å²) in [5.41, 5.74) is 4.15. The molecule has 4 N–H and O–H groups in total. The van der Waals surface area contributed by atoms with Gasteiger partial charge in [-0.15, -0.1) is 0 Å². The van der Waals surface area contributed by atoms with Crippen molar-refractivity contribution in [2.45, 2.75) is 0 Å². The quantitative estimate of drug-likeness (QED) is 0.550. The summed E-state index contributed by atoms with van der Waals surface area (Å²) < 4.78 is 11.2. The Kier molecular flexibility index (Phi) is 5.68. The lowest BCUT2D eigenvalue weighted by atomic mass is 10.2. The molecule has 0 fully saturated rings. The monoisotopic (exact) mass is 410 g/mol. The number of primary amides is 1. The summed E-state index contributed by atoms with van der Waals surface area (Å²) in [6, 6.07) is 10.3. The molecule has 10 nitrogen and oxygen atoms in total. The topological polar surface area (TPSA) is 146 Å². The summed E-state index contributed by atoms with van der Waals surface area (Å²) in [6.07, 6.45) is 1.04. The lowest BCUT2D eigenvalue weighted by molar-refractivity contribution is 0.0998. The third kappa shape index (κ3) is 3.92. The Labute approximate surface area is 169 Å². The molecule has 2 aromatic carbocycles. The summed E-state index contributed by atoms with van der Waals surface area (Å²) in [7, 11) is 2.87. The highest BCUT2D eigenvalue weighted by Gasteiger charge is 2.17. The summed E-state index contributed by atoms with van der Waals surface area (Å²) in [5.74, 6) is -0.617. The Morgan fingerprint density at radius 3 is 2.27 bits per heavy atom. The second-order valence-corrected chi connectivity index (χ2v) is 6.08. The largest absolute Gasteiger partial charge is 0.493 e. The standard InChI is InChI=1S/C20H18N4O6/c1-29-15-8-7-13(9-16(15)30-2)24-19(27)14(10-22-20(24)28)18(26)23-12-5-3-11(4-6-12)17(21)25/h3-10H,1-2H3,(H2,21,25)(H,22,28)(H,23,26). The van der Waals surface area contributed by atoms with Gasteiger partial charge in [0.25, 0.3) is 11.5 Å². The van der Waals surface area contributed by atoms with Crippen LogP contribution in [0.3, 0.4) is 0 Å². The van der Waals surface area contributed by atoms with Crippen molar-refractivity contribution in [3.8, 4) is 17.2 Å². The van der Waals surface area contributed by atoms with Gasteiger partial charge in [0.15, 0.2) is 11.5 Å². The van der Waals surface area contributed by atoms with Gasteiger partial charge in [-0.2, -0.15) is 0 Å². The van der Waals surface area contributed by atoms with E-state index in [9.17, 15) is 19.2 Å². The van der Waals surface area contributed by atoms with Gasteiger partial charge in [0.1, 0.15) is 5.56 Å². The molecule has 2 amide bonds. The Morgan fingerprint density at radius 2 is 1.67 bits per heavy atom. The first-order valence-corrected chi connectivity index (χ1v) is 8.64. The number of nitrogens with one attached hydrogen (secondary N) is 2. The predicted octanol–water partition coefficient (Wildman–Crippen LogP) is 0.894. The molecule has 0 atom stereocenters. The van der Waals surface area contributed by atoms with Crippen LogP contribution in [0.1, 0.15) is 20.7 Å². The average Bonchev–Trinajstić information content (AvgIpc) is 2.73. The maximum atomic E-state index is 12.9. The first-order chi connectivity index (χ1) is 14.3. The molecule has 30 heavy (non-hydrogen) atoms. The third-order valence-electron chi connectivity index (χ3n) is 4.27. The molecule has 0 saturated heterocycles. The number of amides is 2. The molecule has 0 radical (unpaired) electrons. The maximum Gasteiger partial charge on any atom is 0.333 e. The average molecular weight is 410 g/mol. The number of nitrogens with two attached hydrogens (primary N) is 1. The van der Waals surface area contributed by atoms with E-state index in [4.69, 9.17) is 15.2 Å². The van der Waals surface area contributed by atoms with Gasteiger partial charge in [-0.1, -0.05) is 0 Å². The molecule has 0 saturated carbocycles. The van der Waals surface area contributed by atoms with E-state index in [0.29, 0.717) is 17.2 Å². The van der Waals surface area contributed by atoms with Crippen molar-refractivity contribution in [1.29, 1.82) is 0 Å². The van der Waals surface area contributed by atoms with Crippen LogP contribution >= 0.6 is 0 Å². The van der Waals surface area contributed by atoms with Crippen LogP contribution in [0.15, 0.2) is 58.3 Å². The molecule has 1 heterocycles. The molecule has 1 aromatic heterocycles. The zero-order chi connectivity index (χ0) is 21.8. The van der Waals surface area contributed by atoms with Crippen LogP contribution in [0, 0.1) is 0 Å². The summed E-state index contributed by atoms with van der Waals surface area (Å²) in [5, 5.41) is 2.53. The van der Waals surface area contributed by atoms with Crippen molar-refractivity contribution < 1.29 is 19.1 Å². The summed E-state index contributed by atoms with van der Waals surface area (Å²) in [6.45, 7) is 0. The molecular formula is C20H18N4O6. The second-order valence-electron chi connectivity index (χ2n) is 6.08. The first kappa shape index (κ1) is 20.4. The van der Waals surface area contributed by atoms with E-state index in [1.54, 1.807) is 0 Å². The third-order valence-corrected chi connectivity index (χ3v) is 4.27. The molecule has 3 rings (SSSR count). The lowest BCUT2D eigenvalue weighted by Gasteiger charge is -2.11. The molecule has 0 bridgehead atoms. The van der Waals surface area contributed by atoms with Crippen LogP contribution in [0.2, 0.25) is 0 Å². The summed E-state index contributed by atoms with van der Waals surface area (Å²) >= 11 is 0. The van der Waals surface area contributed by atoms with Gasteiger partial charge < -0.3 is 25.5 Å². The fraction of sp³-hybridized carbons (Fsp3) is 0.100. The van der Waals surface area contributed by atoms with E-state index in [0.717, 1.165) is 10.8 Å². The number of carbonyl (C=O) groups is 2. The Bertz CT molecular complexity index is 1230. The van der Waals surface area contributed by atoms with Crippen molar-refractivity contribution in [1.82, 2.24) is 9.55 Å². The van der Waals surface area contributed by atoms with Gasteiger partial charge in [-0.25, -0.2) is 9.36 Å². The molecule has 0 aliphatic carbocycles. The number of benzene rings is 2. The molecule has 0 aliphatic heterocycles. The van der Waals surface area contributed by atoms with Crippen LogP contribution < -0.4 is 31.8 Å². The van der Waals surface area contributed by atoms with E-state index in [2.05, 4.69) is 10.3 Å². The fourth-order valence-corrected chi connectivity index (χ4v) is 2.75. The fourth-order valence-electron chi connectivity index (χ4n) is 2.75. The second kappa shape index (κ2) is 8.35. The number of nitrogens with zero attached hydrogens (tertiary/aromatic N) is 1. The Morgan fingerprint density at radius 1 is 1.00 bits per heavy atom. The lowest BCUT2D eigenvalue weighted by Crippen LogP contribution is -2.38. The predicted molar refractivity (Wildman–Crippen MR) is 109 cm³/mol. The minimum atomic E-state index is -0.822. The number of hydrogen-bond donors (Lipinski definition) is 3. The van der Waals surface area contributed by atoms with Crippen LogP contribution in [-0.2, 0) is 0 Å². The van der Waals surface area contributed by atoms with Gasteiger partial charge in [0.05, 0.1) is 19.9 Å². The van der Waals surface area contributed by atoms with Crippen LogP contribution in [-0.4, -0.2) is 35.6 Å². The van der Waals surface area contributed by atoms with Crippen LogP contribution in [0.5, 0.6) is 11.5 Å². The highest BCUT2D eigenvalue weighted by molar-refractivity contribution is 6.04. The van der Waals surface area contributed by atoms with E-state index in [1.165, 1.54) is 56.7 Å². The van der Waals surface area contributed by atoms with E-state index >= 15 is 0 Å². The van der Waals surface area contributed by atoms with Gasteiger partial charge in [0, 0.05) is 23.5 Å². The number of methoxy groups -OCH3 is 2.